The number of carboxylic acids is 1. The Labute approximate surface area is 96.4 Å². The first-order valence-corrected chi connectivity index (χ1v) is 4.87. The summed E-state index contributed by atoms with van der Waals surface area (Å²) >= 11 is 0. The molecule has 0 heterocycles. The molecule has 17 heavy (non-hydrogen) atoms. The van der Waals surface area contributed by atoms with E-state index in [4.69, 9.17) is 10.8 Å². The Kier molecular flexibility index (Phi) is 5.40. The molecule has 5 nitrogen and oxygen atoms in total. The zero-order valence-electron chi connectivity index (χ0n) is 9.49. The van der Waals surface area contributed by atoms with Crippen molar-refractivity contribution in [2.75, 3.05) is 13.1 Å². The highest BCUT2D eigenvalue weighted by atomic mass is 19.4. The molecule has 3 N–H and O–H groups in total. The van der Waals surface area contributed by atoms with Crippen LogP contribution in [0, 0.1) is 5.92 Å². The van der Waals surface area contributed by atoms with Crippen molar-refractivity contribution in [2.45, 2.75) is 26.1 Å². The molecule has 0 aliphatic rings. The highest BCUT2D eigenvalue weighted by Gasteiger charge is 2.36. The maximum atomic E-state index is 12.2. The Morgan fingerprint density at radius 1 is 1.35 bits per heavy atom. The van der Waals surface area contributed by atoms with Crippen LogP contribution in [0.25, 0.3) is 0 Å². The van der Waals surface area contributed by atoms with E-state index in [1.165, 1.54) is 0 Å². The molecule has 0 saturated heterocycles. The fraction of sp³-hybridized carbons (Fsp3) is 0.778. The average Bonchev–Trinajstić information content (AvgIpc) is 2.11. The third-order valence-corrected chi connectivity index (χ3v) is 2.01. The molecule has 0 unspecified atom stereocenters. The van der Waals surface area contributed by atoms with Crippen LogP contribution in [0.15, 0.2) is 0 Å². The third kappa shape index (κ3) is 6.10. The van der Waals surface area contributed by atoms with Crippen LogP contribution >= 0.6 is 0 Å². The van der Waals surface area contributed by atoms with Crippen LogP contribution in [0.3, 0.4) is 0 Å². The molecular formula is C9H15F3N2O3. The predicted octanol–water partition coefficient (Wildman–Crippen LogP) is 0.445. The van der Waals surface area contributed by atoms with Crippen molar-refractivity contribution in [2.24, 2.45) is 11.7 Å². The SMILES string of the molecule is CC(C)[C@H](N)C(=O)N(CC(=O)O)CC(F)(F)F. The Hall–Kier alpha value is -1.31. The van der Waals surface area contributed by atoms with E-state index >= 15 is 0 Å². The van der Waals surface area contributed by atoms with Crippen LogP contribution in [-0.2, 0) is 9.59 Å². The highest BCUT2D eigenvalue weighted by molar-refractivity contribution is 5.85. The summed E-state index contributed by atoms with van der Waals surface area (Å²) in [5.74, 6) is -2.90. The number of nitrogens with zero attached hydrogens (tertiary/aromatic N) is 1. The van der Waals surface area contributed by atoms with Gasteiger partial charge in [0.15, 0.2) is 0 Å². The molecule has 0 aliphatic heterocycles. The highest BCUT2D eigenvalue weighted by Crippen LogP contribution is 2.17. The second-order valence-corrected chi connectivity index (χ2v) is 3.97. The molecule has 0 aromatic heterocycles. The standard InChI is InChI=1S/C9H15F3N2O3/c1-5(2)7(13)8(17)14(3-6(15)16)4-9(10,11)12/h5,7H,3-4,13H2,1-2H3,(H,15,16)/t7-/m0/s1. The maximum Gasteiger partial charge on any atom is 0.406 e. The largest absolute Gasteiger partial charge is 0.480 e. The van der Waals surface area contributed by atoms with Gasteiger partial charge in [-0.05, 0) is 5.92 Å². The van der Waals surface area contributed by atoms with E-state index in [-0.39, 0.29) is 10.8 Å². The molecule has 0 aromatic rings. The molecule has 0 spiro atoms. The zero-order valence-corrected chi connectivity index (χ0v) is 9.49. The number of carbonyl (C=O) groups excluding carboxylic acids is 1. The lowest BCUT2D eigenvalue weighted by molar-refractivity contribution is -0.166. The van der Waals surface area contributed by atoms with E-state index in [2.05, 4.69) is 0 Å². The maximum absolute atomic E-state index is 12.2. The summed E-state index contributed by atoms with van der Waals surface area (Å²) in [6, 6.07) is -1.14. The summed E-state index contributed by atoms with van der Waals surface area (Å²) in [5.41, 5.74) is 5.40. The molecule has 0 bridgehead atoms. The van der Waals surface area contributed by atoms with Gasteiger partial charge in [0.05, 0.1) is 6.04 Å². The molecule has 1 atom stereocenters. The van der Waals surface area contributed by atoms with Crippen LogP contribution < -0.4 is 5.73 Å². The van der Waals surface area contributed by atoms with Gasteiger partial charge in [-0.3, -0.25) is 9.59 Å². The van der Waals surface area contributed by atoms with E-state index in [0.29, 0.717) is 0 Å². The van der Waals surface area contributed by atoms with Crippen molar-refractivity contribution in [3.8, 4) is 0 Å². The Bertz CT molecular complexity index is 292. The van der Waals surface area contributed by atoms with Gasteiger partial charge in [-0.2, -0.15) is 13.2 Å². The molecule has 8 heteroatoms. The molecule has 0 aromatic carbocycles. The van der Waals surface area contributed by atoms with Crippen molar-refractivity contribution in [1.82, 2.24) is 4.90 Å². The average molecular weight is 256 g/mol. The van der Waals surface area contributed by atoms with Crippen LogP contribution in [0.2, 0.25) is 0 Å². The van der Waals surface area contributed by atoms with Crippen molar-refractivity contribution in [3.05, 3.63) is 0 Å². The lowest BCUT2D eigenvalue weighted by atomic mass is 10.0. The lowest BCUT2D eigenvalue weighted by Gasteiger charge is -2.26. The fourth-order valence-corrected chi connectivity index (χ4v) is 1.09. The number of rotatable bonds is 5. The number of aliphatic carboxylic acids is 1. The van der Waals surface area contributed by atoms with Crippen molar-refractivity contribution in [3.63, 3.8) is 0 Å². The lowest BCUT2D eigenvalue weighted by Crippen LogP contribution is -2.51. The second kappa shape index (κ2) is 5.85. The summed E-state index contributed by atoms with van der Waals surface area (Å²) in [7, 11) is 0. The molecule has 0 aliphatic carbocycles. The minimum absolute atomic E-state index is 0.201. The van der Waals surface area contributed by atoms with Gasteiger partial charge in [-0.25, -0.2) is 0 Å². The van der Waals surface area contributed by atoms with Crippen LogP contribution in [0.1, 0.15) is 13.8 Å². The second-order valence-electron chi connectivity index (χ2n) is 3.97. The van der Waals surface area contributed by atoms with Gasteiger partial charge in [0, 0.05) is 0 Å². The predicted molar refractivity (Wildman–Crippen MR) is 53.1 cm³/mol. The quantitative estimate of drug-likeness (QED) is 0.747. The normalized spacial score (nSPS) is 13.6. The summed E-state index contributed by atoms with van der Waals surface area (Å²) in [5, 5.41) is 8.45. The van der Waals surface area contributed by atoms with Crippen LogP contribution in [-0.4, -0.2) is 47.2 Å². The van der Waals surface area contributed by atoms with E-state index < -0.39 is 37.2 Å². The van der Waals surface area contributed by atoms with Gasteiger partial charge in [0.2, 0.25) is 5.91 Å². The Morgan fingerprint density at radius 2 is 1.82 bits per heavy atom. The first kappa shape index (κ1) is 15.7. The van der Waals surface area contributed by atoms with Crippen LogP contribution in [0.4, 0.5) is 13.2 Å². The Balaban J connectivity index is 4.79. The number of amides is 1. The van der Waals surface area contributed by atoms with Crippen molar-refractivity contribution >= 4 is 11.9 Å². The number of hydrogen-bond acceptors (Lipinski definition) is 3. The first-order chi connectivity index (χ1) is 7.54. The van der Waals surface area contributed by atoms with E-state index in [0.717, 1.165) is 0 Å². The molecule has 0 radical (unpaired) electrons. The van der Waals surface area contributed by atoms with E-state index in [1.807, 2.05) is 0 Å². The van der Waals surface area contributed by atoms with Crippen molar-refractivity contribution < 1.29 is 27.9 Å². The van der Waals surface area contributed by atoms with Gasteiger partial charge in [0.1, 0.15) is 13.1 Å². The van der Waals surface area contributed by atoms with E-state index in [9.17, 15) is 22.8 Å². The Morgan fingerprint density at radius 3 is 2.12 bits per heavy atom. The fourth-order valence-electron chi connectivity index (χ4n) is 1.09. The number of alkyl halides is 3. The van der Waals surface area contributed by atoms with Gasteiger partial charge in [-0.15, -0.1) is 0 Å². The van der Waals surface area contributed by atoms with E-state index in [1.54, 1.807) is 13.8 Å². The monoisotopic (exact) mass is 256 g/mol. The van der Waals surface area contributed by atoms with Gasteiger partial charge in [0.25, 0.3) is 0 Å². The molecule has 100 valence electrons. The van der Waals surface area contributed by atoms with Gasteiger partial charge in [-0.1, -0.05) is 13.8 Å². The topological polar surface area (TPSA) is 83.6 Å². The molecule has 0 fully saturated rings. The van der Waals surface area contributed by atoms with Crippen LogP contribution in [0.5, 0.6) is 0 Å². The molecule has 1 amide bonds. The smallest absolute Gasteiger partial charge is 0.406 e. The third-order valence-electron chi connectivity index (χ3n) is 2.01. The minimum Gasteiger partial charge on any atom is -0.480 e. The number of carbonyl (C=O) groups is 2. The number of carboxylic acid groups (broad SMARTS) is 1. The number of halogens is 3. The zero-order chi connectivity index (χ0) is 13.8. The minimum atomic E-state index is -4.65. The molecule has 0 saturated carbocycles. The number of hydrogen-bond donors (Lipinski definition) is 2. The van der Waals surface area contributed by atoms with Gasteiger partial charge < -0.3 is 15.7 Å². The summed E-state index contributed by atoms with van der Waals surface area (Å²) in [4.78, 5) is 22.1. The molecular weight excluding hydrogens is 241 g/mol. The summed E-state index contributed by atoms with van der Waals surface area (Å²) in [6.07, 6.45) is -4.65. The molecule has 0 rings (SSSR count). The van der Waals surface area contributed by atoms with Crippen molar-refractivity contribution in [1.29, 1.82) is 0 Å². The number of nitrogens with two attached hydrogens (primary N) is 1. The summed E-state index contributed by atoms with van der Waals surface area (Å²) < 4.78 is 36.5. The summed E-state index contributed by atoms with van der Waals surface area (Å²) in [6.45, 7) is 0.502. The van der Waals surface area contributed by atoms with Gasteiger partial charge >= 0.3 is 12.1 Å². The first-order valence-electron chi connectivity index (χ1n) is 4.87.